The van der Waals surface area contributed by atoms with Gasteiger partial charge in [-0.25, -0.2) is 0 Å². The van der Waals surface area contributed by atoms with Gasteiger partial charge in [-0.1, -0.05) is 44.4 Å². The van der Waals surface area contributed by atoms with Crippen LogP contribution in [0.15, 0.2) is 42.5 Å². The van der Waals surface area contributed by atoms with E-state index in [0.717, 1.165) is 37.1 Å². The SMILES string of the molecule is CCCO[C@H]1CN(c2cccc3c2COC32CCCCC2)C[C@@H]1NC(=O)CNC(=O)c1cccc(C(F)(F)F)c1. The molecule has 1 saturated heterocycles. The first kappa shape index (κ1) is 28.4. The predicted octanol–water partition coefficient (Wildman–Crippen LogP) is 4.93. The van der Waals surface area contributed by atoms with E-state index in [1.165, 1.54) is 42.5 Å². The fourth-order valence-electron chi connectivity index (χ4n) is 6.18. The monoisotopic (exact) mass is 559 g/mol. The molecule has 2 aliphatic heterocycles. The van der Waals surface area contributed by atoms with Crippen molar-refractivity contribution in [2.24, 2.45) is 0 Å². The van der Waals surface area contributed by atoms with E-state index < -0.39 is 23.6 Å². The third-order valence-corrected chi connectivity index (χ3v) is 8.15. The fraction of sp³-hybridized carbons (Fsp3) is 0.533. The van der Waals surface area contributed by atoms with E-state index in [0.29, 0.717) is 26.3 Å². The molecule has 7 nitrogen and oxygen atoms in total. The van der Waals surface area contributed by atoms with Crippen LogP contribution in [0, 0.1) is 0 Å². The third kappa shape index (κ3) is 5.98. The van der Waals surface area contributed by atoms with Crippen LogP contribution in [0.25, 0.3) is 0 Å². The largest absolute Gasteiger partial charge is 0.416 e. The normalized spacial score (nSPS) is 21.9. The summed E-state index contributed by atoms with van der Waals surface area (Å²) in [6.07, 6.45) is 1.68. The van der Waals surface area contributed by atoms with Gasteiger partial charge in [0.1, 0.15) is 0 Å². The summed E-state index contributed by atoms with van der Waals surface area (Å²) in [6.45, 7) is 3.92. The van der Waals surface area contributed by atoms with Gasteiger partial charge in [-0.2, -0.15) is 13.2 Å². The van der Waals surface area contributed by atoms with Crippen molar-refractivity contribution in [2.45, 2.75) is 76.0 Å². The highest BCUT2D eigenvalue weighted by atomic mass is 19.4. The molecule has 2 fully saturated rings. The third-order valence-electron chi connectivity index (χ3n) is 8.15. The average molecular weight is 560 g/mol. The number of carbonyl (C=O) groups excluding carboxylic acids is 2. The molecule has 2 aromatic rings. The van der Waals surface area contributed by atoms with Crippen molar-refractivity contribution in [3.63, 3.8) is 0 Å². The number of fused-ring (bicyclic) bond motifs is 2. The molecule has 0 bridgehead atoms. The Balaban J connectivity index is 1.24. The highest BCUT2D eigenvalue weighted by Crippen LogP contribution is 2.49. The van der Waals surface area contributed by atoms with Gasteiger partial charge in [-0.3, -0.25) is 9.59 Å². The topological polar surface area (TPSA) is 79.9 Å². The molecular formula is C30H36F3N3O4. The number of hydrogen-bond donors (Lipinski definition) is 2. The molecule has 3 aliphatic rings. The molecule has 2 atom stereocenters. The van der Waals surface area contributed by atoms with Crippen molar-refractivity contribution < 1.29 is 32.2 Å². The average Bonchev–Trinajstić information content (AvgIpc) is 3.51. The summed E-state index contributed by atoms with van der Waals surface area (Å²) in [5, 5.41) is 5.40. The fourth-order valence-corrected chi connectivity index (χ4v) is 6.18. The number of amides is 2. The first-order valence-corrected chi connectivity index (χ1v) is 14.1. The number of alkyl halides is 3. The summed E-state index contributed by atoms with van der Waals surface area (Å²) in [5.41, 5.74) is 2.32. The molecule has 0 radical (unpaired) electrons. The molecule has 2 N–H and O–H groups in total. The second kappa shape index (κ2) is 11.8. The zero-order chi connectivity index (χ0) is 28.3. The van der Waals surface area contributed by atoms with E-state index in [-0.39, 0.29) is 29.9 Å². The molecule has 1 aliphatic carbocycles. The maximum Gasteiger partial charge on any atom is 0.416 e. The Morgan fingerprint density at radius 3 is 2.62 bits per heavy atom. The number of nitrogens with zero attached hydrogens (tertiary/aromatic N) is 1. The van der Waals surface area contributed by atoms with Gasteiger partial charge >= 0.3 is 6.18 Å². The molecule has 1 spiro atoms. The van der Waals surface area contributed by atoms with Gasteiger partial charge in [0.25, 0.3) is 5.91 Å². The van der Waals surface area contributed by atoms with Crippen molar-refractivity contribution in [1.29, 1.82) is 0 Å². The van der Waals surface area contributed by atoms with Gasteiger partial charge in [-0.05, 0) is 49.1 Å². The number of benzene rings is 2. The van der Waals surface area contributed by atoms with E-state index in [1.54, 1.807) is 0 Å². The Kier molecular flexibility index (Phi) is 8.37. The molecule has 0 unspecified atom stereocenters. The lowest BCUT2D eigenvalue weighted by Gasteiger charge is -2.33. The number of anilines is 1. The summed E-state index contributed by atoms with van der Waals surface area (Å²) in [7, 11) is 0. The lowest BCUT2D eigenvalue weighted by molar-refractivity contribution is -0.137. The van der Waals surface area contributed by atoms with Gasteiger partial charge < -0.3 is 25.0 Å². The molecule has 2 aromatic carbocycles. The summed E-state index contributed by atoms with van der Waals surface area (Å²) < 4.78 is 51.5. The van der Waals surface area contributed by atoms with Crippen LogP contribution in [0.2, 0.25) is 0 Å². The Morgan fingerprint density at radius 2 is 1.88 bits per heavy atom. The van der Waals surface area contributed by atoms with Crippen LogP contribution >= 0.6 is 0 Å². The van der Waals surface area contributed by atoms with Gasteiger partial charge in [0.05, 0.1) is 36.5 Å². The van der Waals surface area contributed by atoms with E-state index in [4.69, 9.17) is 9.47 Å². The minimum Gasteiger partial charge on any atom is -0.374 e. The standard InChI is InChI=1S/C30H36F3N3O4/c1-2-14-39-26-18-36(25-11-7-10-23-22(25)19-40-29(23)12-4-3-5-13-29)17-24(26)35-27(37)16-34-28(38)20-8-6-9-21(15-20)30(31,32)33/h6-11,15,24,26H,2-5,12-14,16-19H2,1H3,(H,34,38)(H,35,37)/t24-,26-/m0/s1. The molecular weight excluding hydrogens is 523 g/mol. The van der Waals surface area contributed by atoms with E-state index in [1.807, 2.05) is 6.92 Å². The lowest BCUT2D eigenvalue weighted by atomic mass is 9.79. The number of rotatable bonds is 8. The van der Waals surface area contributed by atoms with E-state index in [9.17, 15) is 22.8 Å². The van der Waals surface area contributed by atoms with Crippen LogP contribution in [-0.4, -0.2) is 50.2 Å². The molecule has 40 heavy (non-hydrogen) atoms. The summed E-state index contributed by atoms with van der Waals surface area (Å²) in [6, 6.07) is 10.2. The first-order chi connectivity index (χ1) is 19.2. The molecule has 5 rings (SSSR count). The highest BCUT2D eigenvalue weighted by Gasteiger charge is 2.43. The van der Waals surface area contributed by atoms with Crippen molar-refractivity contribution in [3.8, 4) is 0 Å². The van der Waals surface area contributed by atoms with Gasteiger partial charge in [-0.15, -0.1) is 0 Å². The van der Waals surface area contributed by atoms with Crippen LogP contribution in [0.1, 0.15) is 72.5 Å². The molecule has 0 aromatic heterocycles. The maximum absolute atomic E-state index is 13.0. The minimum absolute atomic E-state index is 0.158. The van der Waals surface area contributed by atoms with Crippen LogP contribution in [-0.2, 0) is 32.7 Å². The van der Waals surface area contributed by atoms with Crippen molar-refractivity contribution in [3.05, 3.63) is 64.7 Å². The zero-order valence-electron chi connectivity index (χ0n) is 22.7. The smallest absolute Gasteiger partial charge is 0.374 e. The molecule has 10 heteroatoms. The van der Waals surface area contributed by atoms with Gasteiger partial charge in [0, 0.05) is 36.5 Å². The second-order valence-corrected chi connectivity index (χ2v) is 10.9. The number of hydrogen-bond acceptors (Lipinski definition) is 5. The Bertz CT molecular complexity index is 1230. The molecule has 2 amide bonds. The first-order valence-electron chi connectivity index (χ1n) is 14.1. The van der Waals surface area contributed by atoms with E-state index in [2.05, 4.69) is 33.7 Å². The minimum atomic E-state index is -4.56. The maximum atomic E-state index is 13.0. The predicted molar refractivity (Wildman–Crippen MR) is 144 cm³/mol. The van der Waals surface area contributed by atoms with Crippen molar-refractivity contribution in [2.75, 3.05) is 31.1 Å². The number of carbonyl (C=O) groups is 2. The number of halogens is 3. The van der Waals surface area contributed by atoms with E-state index >= 15 is 0 Å². The summed E-state index contributed by atoms with van der Waals surface area (Å²) in [5.74, 6) is -1.18. The van der Waals surface area contributed by atoms with Crippen LogP contribution in [0.4, 0.5) is 18.9 Å². The Labute approximate surface area is 232 Å². The highest BCUT2D eigenvalue weighted by molar-refractivity contribution is 5.96. The number of ether oxygens (including phenoxy) is 2. The second-order valence-electron chi connectivity index (χ2n) is 10.9. The Morgan fingerprint density at radius 1 is 1.10 bits per heavy atom. The van der Waals surface area contributed by atoms with Gasteiger partial charge in [0.15, 0.2) is 0 Å². The Hall–Kier alpha value is -3.11. The molecule has 216 valence electrons. The van der Waals surface area contributed by atoms with Crippen molar-refractivity contribution >= 4 is 17.5 Å². The quantitative estimate of drug-likeness (QED) is 0.480. The van der Waals surface area contributed by atoms with Crippen LogP contribution < -0.4 is 15.5 Å². The number of nitrogens with one attached hydrogen (secondary N) is 2. The molecule has 1 saturated carbocycles. The zero-order valence-corrected chi connectivity index (χ0v) is 22.7. The lowest BCUT2D eigenvalue weighted by Crippen LogP contribution is -2.47. The summed E-state index contributed by atoms with van der Waals surface area (Å²) in [4.78, 5) is 27.5. The molecule has 2 heterocycles. The van der Waals surface area contributed by atoms with Crippen molar-refractivity contribution in [1.82, 2.24) is 10.6 Å². The van der Waals surface area contributed by atoms with Crippen LogP contribution in [0.3, 0.4) is 0 Å². The van der Waals surface area contributed by atoms with Crippen LogP contribution in [0.5, 0.6) is 0 Å². The van der Waals surface area contributed by atoms with Gasteiger partial charge in [0.2, 0.25) is 5.91 Å². The summed E-state index contributed by atoms with van der Waals surface area (Å²) >= 11 is 0.